The standard InChI is InChI=1S/C6H4N2O2/c9-6(10)8-4-2-1-3-7-5(4)8/h1-3H,(H,9,10). The zero-order valence-corrected chi connectivity index (χ0v) is 4.98. The van der Waals surface area contributed by atoms with E-state index in [9.17, 15) is 4.79 Å². The number of anilines is 2. The molecule has 1 aliphatic rings. The molecule has 0 aromatic carbocycles. The number of aromatic nitrogens is 1. The van der Waals surface area contributed by atoms with Gasteiger partial charge in [0.1, 0.15) is 0 Å². The molecule has 0 fully saturated rings. The van der Waals surface area contributed by atoms with Gasteiger partial charge in [-0.15, -0.1) is 0 Å². The van der Waals surface area contributed by atoms with Gasteiger partial charge in [-0.1, -0.05) is 0 Å². The Morgan fingerprint density at radius 1 is 1.70 bits per heavy atom. The lowest BCUT2D eigenvalue weighted by Crippen LogP contribution is -2.08. The molecule has 1 N–H and O–H groups in total. The number of rotatable bonds is 0. The fourth-order valence-corrected chi connectivity index (χ4v) is 0.883. The lowest BCUT2D eigenvalue weighted by Gasteiger charge is -1.86. The molecule has 2 rings (SSSR count). The molecule has 4 heteroatoms. The maximum absolute atomic E-state index is 10.3. The summed E-state index contributed by atoms with van der Waals surface area (Å²) < 4.78 is 0. The van der Waals surface area contributed by atoms with Crippen LogP contribution in [0, 0.1) is 0 Å². The largest absolute Gasteiger partial charge is 0.464 e. The minimum Gasteiger partial charge on any atom is -0.464 e. The summed E-state index contributed by atoms with van der Waals surface area (Å²) in [5.41, 5.74) is 0.690. The number of nitrogens with zero attached hydrogens (tertiary/aromatic N) is 2. The van der Waals surface area contributed by atoms with Crippen LogP contribution in [0.5, 0.6) is 0 Å². The predicted molar refractivity (Wildman–Crippen MR) is 34.4 cm³/mol. The molecule has 50 valence electrons. The van der Waals surface area contributed by atoms with Gasteiger partial charge in [-0.2, -0.15) is 0 Å². The topological polar surface area (TPSA) is 53.2 Å². The van der Waals surface area contributed by atoms with Crippen molar-refractivity contribution in [3.05, 3.63) is 18.3 Å². The molecule has 2 heterocycles. The highest BCUT2D eigenvalue weighted by atomic mass is 16.4. The molecule has 0 spiro atoms. The van der Waals surface area contributed by atoms with Gasteiger partial charge in [0.15, 0.2) is 5.82 Å². The zero-order valence-electron chi connectivity index (χ0n) is 4.98. The van der Waals surface area contributed by atoms with Crippen LogP contribution < -0.4 is 4.90 Å². The van der Waals surface area contributed by atoms with E-state index in [1.165, 1.54) is 0 Å². The van der Waals surface area contributed by atoms with Gasteiger partial charge in [0, 0.05) is 6.20 Å². The van der Waals surface area contributed by atoms with Gasteiger partial charge in [-0.25, -0.2) is 14.7 Å². The van der Waals surface area contributed by atoms with E-state index in [0.29, 0.717) is 11.5 Å². The molecule has 0 aliphatic carbocycles. The molecule has 0 unspecified atom stereocenters. The van der Waals surface area contributed by atoms with Crippen molar-refractivity contribution in [2.75, 3.05) is 4.90 Å². The quantitative estimate of drug-likeness (QED) is 0.545. The van der Waals surface area contributed by atoms with E-state index in [4.69, 9.17) is 5.11 Å². The summed E-state index contributed by atoms with van der Waals surface area (Å²) in [7, 11) is 0. The van der Waals surface area contributed by atoms with Crippen molar-refractivity contribution in [1.29, 1.82) is 0 Å². The molecular formula is C6H4N2O2. The maximum Gasteiger partial charge on any atom is 0.417 e. The maximum atomic E-state index is 10.3. The van der Waals surface area contributed by atoms with Crippen LogP contribution in [0.4, 0.5) is 16.3 Å². The van der Waals surface area contributed by atoms with Gasteiger partial charge >= 0.3 is 6.09 Å². The first kappa shape index (κ1) is 5.22. The minimum absolute atomic E-state index is 0.551. The molecule has 1 aromatic rings. The molecule has 1 aliphatic heterocycles. The summed E-state index contributed by atoms with van der Waals surface area (Å²) in [5, 5.41) is 8.46. The van der Waals surface area contributed by atoms with Crippen molar-refractivity contribution in [1.82, 2.24) is 4.98 Å². The number of fused-ring (bicyclic) bond motifs is 1. The van der Waals surface area contributed by atoms with Gasteiger partial charge in [0.2, 0.25) is 0 Å². The summed E-state index contributed by atoms with van der Waals surface area (Å²) in [6.45, 7) is 0. The van der Waals surface area contributed by atoms with Crippen LogP contribution >= 0.6 is 0 Å². The third-order valence-corrected chi connectivity index (χ3v) is 1.36. The number of carbonyl (C=O) groups is 1. The Morgan fingerprint density at radius 3 is 3.00 bits per heavy atom. The minimum atomic E-state index is -0.964. The number of pyridine rings is 1. The fraction of sp³-hybridized carbons (Fsp3) is 0. The second kappa shape index (κ2) is 1.47. The molecule has 4 nitrogen and oxygen atoms in total. The van der Waals surface area contributed by atoms with Gasteiger partial charge in [0.05, 0.1) is 5.69 Å². The van der Waals surface area contributed by atoms with E-state index in [0.717, 1.165) is 4.90 Å². The molecular weight excluding hydrogens is 132 g/mol. The van der Waals surface area contributed by atoms with Crippen LogP contribution in [0.15, 0.2) is 18.3 Å². The van der Waals surface area contributed by atoms with E-state index >= 15 is 0 Å². The third kappa shape index (κ3) is 0.500. The summed E-state index contributed by atoms with van der Waals surface area (Å²) in [4.78, 5) is 15.3. The van der Waals surface area contributed by atoms with Crippen LogP contribution in [0.1, 0.15) is 0 Å². The second-order valence-corrected chi connectivity index (χ2v) is 1.96. The molecule has 1 aromatic heterocycles. The first-order chi connectivity index (χ1) is 4.80. The summed E-state index contributed by atoms with van der Waals surface area (Å²) >= 11 is 0. The Labute approximate surface area is 56.7 Å². The van der Waals surface area contributed by atoms with Gasteiger partial charge in [-0.3, -0.25) is 0 Å². The summed E-state index contributed by atoms with van der Waals surface area (Å²) in [5.74, 6) is 0.551. The van der Waals surface area contributed by atoms with Crippen LogP contribution in [-0.2, 0) is 0 Å². The normalized spacial score (nSPS) is 12.6. The number of hydrogen-bond donors (Lipinski definition) is 1. The van der Waals surface area contributed by atoms with Crippen LogP contribution in [0.3, 0.4) is 0 Å². The van der Waals surface area contributed by atoms with Crippen molar-refractivity contribution in [3.63, 3.8) is 0 Å². The van der Waals surface area contributed by atoms with Crippen molar-refractivity contribution < 1.29 is 9.90 Å². The van der Waals surface area contributed by atoms with Crippen molar-refractivity contribution in [2.24, 2.45) is 0 Å². The lowest BCUT2D eigenvalue weighted by molar-refractivity contribution is 0.206. The second-order valence-electron chi connectivity index (χ2n) is 1.96. The number of carboxylic acid groups (broad SMARTS) is 1. The Hall–Kier alpha value is -1.58. The SMILES string of the molecule is O=C(O)N1c2cccnc21. The van der Waals surface area contributed by atoms with Gasteiger partial charge < -0.3 is 5.11 Å². The van der Waals surface area contributed by atoms with E-state index in [-0.39, 0.29) is 0 Å². The molecule has 0 bridgehead atoms. The number of hydrogen-bond acceptors (Lipinski definition) is 2. The predicted octanol–water partition coefficient (Wildman–Crippen LogP) is 1.21. The van der Waals surface area contributed by atoms with E-state index in [1.54, 1.807) is 18.3 Å². The van der Waals surface area contributed by atoms with Gasteiger partial charge in [0.25, 0.3) is 0 Å². The van der Waals surface area contributed by atoms with Crippen molar-refractivity contribution >= 4 is 17.6 Å². The van der Waals surface area contributed by atoms with Gasteiger partial charge in [-0.05, 0) is 12.1 Å². The van der Waals surface area contributed by atoms with Crippen molar-refractivity contribution in [2.45, 2.75) is 0 Å². The summed E-state index contributed by atoms with van der Waals surface area (Å²) in [6.07, 6.45) is 0.607. The molecule has 0 radical (unpaired) electrons. The average Bonchev–Trinajstić information content (AvgIpc) is 2.60. The van der Waals surface area contributed by atoms with E-state index in [1.807, 2.05) is 0 Å². The first-order valence-corrected chi connectivity index (χ1v) is 2.79. The van der Waals surface area contributed by atoms with Crippen LogP contribution in [0.25, 0.3) is 0 Å². The third-order valence-electron chi connectivity index (χ3n) is 1.36. The first-order valence-electron chi connectivity index (χ1n) is 2.79. The smallest absolute Gasteiger partial charge is 0.417 e. The zero-order chi connectivity index (χ0) is 7.14. The molecule has 1 amide bonds. The molecule has 0 saturated carbocycles. The highest BCUT2D eigenvalue weighted by molar-refractivity contribution is 6.10. The number of amides is 1. The van der Waals surface area contributed by atoms with Crippen molar-refractivity contribution in [3.8, 4) is 0 Å². The Balaban J connectivity index is 2.37. The Bertz CT molecular complexity index is 275. The Morgan fingerprint density at radius 2 is 2.50 bits per heavy atom. The lowest BCUT2D eigenvalue weighted by atomic mass is 10.5. The average molecular weight is 136 g/mol. The molecule has 0 saturated heterocycles. The summed E-state index contributed by atoms with van der Waals surface area (Å²) in [6, 6.07) is 3.43. The highest BCUT2D eigenvalue weighted by Crippen LogP contribution is 2.44. The van der Waals surface area contributed by atoms with Crippen LogP contribution in [-0.4, -0.2) is 16.2 Å². The Kier molecular flexibility index (Phi) is 0.768. The fourth-order valence-electron chi connectivity index (χ4n) is 0.883. The van der Waals surface area contributed by atoms with E-state index < -0.39 is 6.09 Å². The highest BCUT2D eigenvalue weighted by Gasteiger charge is 2.36. The monoisotopic (exact) mass is 136 g/mol. The molecule has 0 atom stereocenters. The molecule has 10 heavy (non-hydrogen) atoms. The van der Waals surface area contributed by atoms with Crippen LogP contribution in [0.2, 0.25) is 0 Å². The van der Waals surface area contributed by atoms with E-state index in [2.05, 4.69) is 4.98 Å².